The normalized spacial score (nSPS) is 17.0. The van der Waals surface area contributed by atoms with Gasteiger partial charge in [-0.2, -0.15) is 19.0 Å². The van der Waals surface area contributed by atoms with Crippen molar-refractivity contribution >= 4 is 55.3 Å². The van der Waals surface area contributed by atoms with E-state index >= 15 is 13.2 Å². The number of carbonyl (C=O) groups excluding carboxylic acids is 1. The summed E-state index contributed by atoms with van der Waals surface area (Å²) in [6.45, 7) is -1.06. The van der Waals surface area contributed by atoms with Crippen LogP contribution in [0.5, 0.6) is 0 Å². The minimum absolute atomic E-state index is 0.00998. The fourth-order valence-corrected chi connectivity index (χ4v) is 9.04. The Hall–Kier alpha value is -6.42. The van der Waals surface area contributed by atoms with Gasteiger partial charge < -0.3 is 5.32 Å². The van der Waals surface area contributed by atoms with Gasteiger partial charge >= 0.3 is 0 Å². The Bertz CT molecular complexity index is 3250. The maximum atomic E-state index is 15.5. The molecule has 9 rings (SSSR count). The number of benzene rings is 3. The predicted molar refractivity (Wildman–Crippen MR) is 211 cm³/mol. The summed E-state index contributed by atoms with van der Waals surface area (Å²) in [5.74, 6) is -11.4. The largest absolute Gasteiger partial charge is 0.344 e. The second-order valence-corrected chi connectivity index (χ2v) is 17.4. The summed E-state index contributed by atoms with van der Waals surface area (Å²) in [6, 6.07) is 8.32. The van der Waals surface area contributed by atoms with E-state index < -0.39 is 111 Å². The molecule has 3 aromatic carbocycles. The number of sulfonamides is 1. The van der Waals surface area contributed by atoms with Crippen LogP contribution in [0.3, 0.4) is 0 Å². The Balaban J connectivity index is 1.27. The van der Waals surface area contributed by atoms with Crippen LogP contribution in [-0.2, 0) is 40.8 Å². The number of hydrogen-bond acceptors (Lipinski definition) is 8. The molecule has 7 aromatic rings. The lowest BCUT2D eigenvalue weighted by Gasteiger charge is -2.24. The highest BCUT2D eigenvalue weighted by Gasteiger charge is 2.67. The monoisotopic (exact) mass is 917 g/mol. The number of aromatic nitrogens is 7. The van der Waals surface area contributed by atoms with Gasteiger partial charge in [-0.05, 0) is 72.5 Å². The first-order chi connectivity index (χ1) is 29.7. The third-order valence-corrected chi connectivity index (χ3v) is 11.8. The fraction of sp³-hybridized carbons (Fsp3) is 0.250. The van der Waals surface area contributed by atoms with Crippen molar-refractivity contribution in [1.82, 2.24) is 39.4 Å². The highest BCUT2D eigenvalue weighted by Crippen LogP contribution is 2.68. The fourth-order valence-electron chi connectivity index (χ4n) is 8.30. The summed E-state index contributed by atoms with van der Waals surface area (Å²) >= 11 is 6.58. The smallest absolute Gasteiger partial charge is 0.293 e. The van der Waals surface area contributed by atoms with Gasteiger partial charge in [0.1, 0.15) is 47.0 Å². The number of nitrogens with one attached hydrogen (secondary N) is 2. The molecule has 4 aromatic heterocycles. The molecule has 1 amide bonds. The molecule has 0 bridgehead atoms. The van der Waals surface area contributed by atoms with Crippen molar-refractivity contribution in [3.05, 3.63) is 128 Å². The summed E-state index contributed by atoms with van der Waals surface area (Å²) in [4.78, 5) is 38.0. The van der Waals surface area contributed by atoms with Gasteiger partial charge in [0.15, 0.2) is 11.5 Å². The van der Waals surface area contributed by atoms with E-state index in [0.29, 0.717) is 10.7 Å². The van der Waals surface area contributed by atoms with Crippen LogP contribution in [0.1, 0.15) is 53.1 Å². The molecule has 0 unspecified atom stereocenters. The first-order valence-corrected chi connectivity index (χ1v) is 21.0. The Morgan fingerprint density at radius 1 is 0.968 bits per heavy atom. The molecule has 1 saturated carbocycles. The maximum absolute atomic E-state index is 15.5. The lowest BCUT2D eigenvalue weighted by Crippen LogP contribution is -2.38. The zero-order valence-electron chi connectivity index (χ0n) is 32.3. The topological polar surface area (TPSA) is 159 Å². The van der Waals surface area contributed by atoms with E-state index in [1.165, 1.54) is 36.0 Å². The van der Waals surface area contributed by atoms with Gasteiger partial charge in [0, 0.05) is 36.6 Å². The Labute approximate surface area is 354 Å². The van der Waals surface area contributed by atoms with Crippen LogP contribution in [0, 0.1) is 29.2 Å². The summed E-state index contributed by atoms with van der Waals surface area (Å²) in [5, 5.41) is 10.2. The van der Waals surface area contributed by atoms with E-state index in [1.807, 2.05) is 0 Å². The number of aryl methyl sites for hydroxylation is 1. The zero-order valence-corrected chi connectivity index (χ0v) is 33.9. The molecule has 1 fully saturated rings. The Kier molecular flexibility index (Phi) is 9.88. The lowest BCUT2D eigenvalue weighted by atomic mass is 10.0. The minimum atomic E-state index is -3.97. The molecule has 0 radical (unpaired) electrons. The van der Waals surface area contributed by atoms with E-state index in [-0.39, 0.29) is 61.6 Å². The van der Waals surface area contributed by atoms with Crippen LogP contribution < -0.4 is 15.6 Å². The molecular formula is C40H28ClF8N9O4S. The van der Waals surface area contributed by atoms with Crippen LogP contribution in [-0.4, -0.2) is 54.7 Å². The zero-order chi connectivity index (χ0) is 45.0. The number of amides is 1. The van der Waals surface area contributed by atoms with Crippen molar-refractivity contribution in [2.24, 2.45) is 13.0 Å². The summed E-state index contributed by atoms with van der Waals surface area (Å²) in [6.07, 6.45) is -3.02. The third-order valence-electron chi connectivity index (χ3n) is 10.9. The van der Waals surface area contributed by atoms with Gasteiger partial charge in [-0.25, -0.2) is 44.7 Å². The third kappa shape index (κ3) is 7.33. The molecule has 0 spiro atoms. The quantitative estimate of drug-likeness (QED) is 0.128. The van der Waals surface area contributed by atoms with Crippen molar-refractivity contribution in [2.75, 3.05) is 11.0 Å². The summed E-state index contributed by atoms with van der Waals surface area (Å²) < 4.78 is 148. The number of nitrogens with zero attached hydrogens (tertiary/aromatic N) is 7. The summed E-state index contributed by atoms with van der Waals surface area (Å²) in [5.41, 5.74) is -4.17. The van der Waals surface area contributed by atoms with E-state index in [0.717, 1.165) is 41.2 Å². The number of fused-ring (bicyclic) bond motifs is 5. The van der Waals surface area contributed by atoms with Crippen molar-refractivity contribution < 1.29 is 48.3 Å². The second kappa shape index (κ2) is 14.9. The molecule has 4 heterocycles. The highest BCUT2D eigenvalue weighted by molar-refractivity contribution is 7.92. The van der Waals surface area contributed by atoms with Crippen LogP contribution in [0.15, 0.2) is 65.5 Å². The second-order valence-electron chi connectivity index (χ2n) is 15.2. The average Bonchev–Trinajstić information content (AvgIpc) is 3.73. The van der Waals surface area contributed by atoms with E-state index in [1.54, 1.807) is 0 Å². The lowest BCUT2D eigenvalue weighted by molar-refractivity contribution is -0.123. The van der Waals surface area contributed by atoms with E-state index in [9.17, 15) is 40.0 Å². The molecule has 326 valence electrons. The number of pyridine rings is 1. The molecule has 63 heavy (non-hydrogen) atoms. The van der Waals surface area contributed by atoms with E-state index in [2.05, 4.69) is 30.2 Å². The van der Waals surface area contributed by atoms with Gasteiger partial charge in [0.25, 0.3) is 17.9 Å². The van der Waals surface area contributed by atoms with Crippen molar-refractivity contribution in [3.63, 3.8) is 0 Å². The molecule has 2 aliphatic carbocycles. The van der Waals surface area contributed by atoms with Gasteiger partial charge in [0.05, 0.1) is 45.0 Å². The molecular weight excluding hydrogens is 890 g/mol. The van der Waals surface area contributed by atoms with Gasteiger partial charge in [-0.15, -0.1) is 0 Å². The van der Waals surface area contributed by atoms with Gasteiger partial charge in [0.2, 0.25) is 15.9 Å². The van der Waals surface area contributed by atoms with Crippen molar-refractivity contribution in [3.8, 4) is 16.9 Å². The predicted octanol–water partition coefficient (Wildman–Crippen LogP) is 7.36. The van der Waals surface area contributed by atoms with Crippen LogP contribution >= 0.6 is 11.6 Å². The molecule has 2 aliphatic rings. The molecule has 3 atom stereocenters. The van der Waals surface area contributed by atoms with Crippen molar-refractivity contribution in [1.29, 1.82) is 0 Å². The van der Waals surface area contributed by atoms with Crippen LogP contribution in [0.2, 0.25) is 5.02 Å². The van der Waals surface area contributed by atoms with E-state index in [4.69, 9.17) is 11.6 Å². The molecule has 13 nitrogen and oxygen atoms in total. The van der Waals surface area contributed by atoms with Crippen LogP contribution in [0.25, 0.3) is 38.9 Å². The average molecular weight is 918 g/mol. The number of halogens is 9. The Morgan fingerprint density at radius 3 is 2.40 bits per heavy atom. The first-order valence-electron chi connectivity index (χ1n) is 18.7. The Morgan fingerprint density at radius 2 is 1.70 bits per heavy atom. The maximum Gasteiger partial charge on any atom is 0.293 e. The first kappa shape index (κ1) is 41.9. The molecule has 23 heteroatoms. The number of rotatable bonds is 11. The van der Waals surface area contributed by atoms with Gasteiger partial charge in [-0.3, -0.25) is 28.2 Å². The number of anilines is 1. The number of alkyl halides is 4. The summed E-state index contributed by atoms with van der Waals surface area (Å²) in [7, 11) is -2.58. The molecule has 0 aliphatic heterocycles. The minimum Gasteiger partial charge on any atom is -0.344 e. The standard InChI is InChI=1S/C40H28ClF8N9O4S/c1-56-33-28(8-5-24(41)31(33)37(54-56)55-63(2,61)62)58-38(52-36-20(39(58)60)4-7-26(51-36)22-13-17(42)3-6-25(22)45)27(11-16-9-18(43)12-19(44)10-16)50-29(59)15-57-34-30(32(53-57)35(46)47)21-14-23(21)40(34,48)49/h3-10,12-13,21,23,27,35H,11,14-15H2,1-2H3,(H,50,59)(H,54,55)/t21-,23+,27-/m0/s1. The van der Waals surface area contributed by atoms with Gasteiger partial charge in [-0.1, -0.05) is 11.6 Å². The number of hydrogen-bond donors (Lipinski definition) is 2. The highest BCUT2D eigenvalue weighted by atomic mass is 35.5. The van der Waals surface area contributed by atoms with Crippen LogP contribution in [0.4, 0.5) is 40.9 Å². The molecule has 2 N–H and O–H groups in total. The van der Waals surface area contributed by atoms with Crippen molar-refractivity contribution in [2.45, 2.75) is 43.7 Å². The number of carbonyl (C=O) groups is 1. The SMILES string of the molecule is Cn1nc(NS(C)(=O)=O)c2c(Cl)ccc(-n3c([C@H](Cc4cc(F)cc(F)c4)NC(=O)Cn4nc(C(F)F)c5c4C(F)(F)[C@@H]4C[C@H]54)nc4nc(-c5cc(F)ccc5F)ccc4c3=O)c21. The molecule has 0 saturated heterocycles.